The second-order valence-electron chi connectivity index (χ2n) is 6.39. The van der Waals surface area contributed by atoms with Gasteiger partial charge in [0.25, 0.3) is 17.7 Å². The first-order valence-corrected chi connectivity index (χ1v) is 11.2. The summed E-state index contributed by atoms with van der Waals surface area (Å²) in [6.45, 7) is 0. The Morgan fingerprint density at radius 2 is 1.44 bits per heavy atom. The Hall–Kier alpha value is -1.81. The van der Waals surface area contributed by atoms with Gasteiger partial charge in [0.2, 0.25) is 3.79 Å². The molecular formula is C19H13Cl5N4O3S. The Kier molecular flexibility index (Phi) is 7.75. The number of carbonyl (C=O) groups is 3. The number of hydrogen-bond donors (Lipinski definition) is 3. The molecule has 0 aromatic heterocycles. The van der Waals surface area contributed by atoms with E-state index in [2.05, 4.69) is 16.0 Å². The zero-order valence-corrected chi connectivity index (χ0v) is 20.3. The monoisotopic (exact) mass is 552 g/mol. The molecule has 1 aliphatic rings. The van der Waals surface area contributed by atoms with Crippen LogP contribution in [0.2, 0.25) is 0 Å². The topological polar surface area (TPSA) is 90.5 Å². The molecule has 7 nitrogen and oxygen atoms in total. The van der Waals surface area contributed by atoms with Crippen LogP contribution in [0.25, 0.3) is 0 Å². The van der Waals surface area contributed by atoms with Gasteiger partial charge in [0.1, 0.15) is 6.17 Å². The summed E-state index contributed by atoms with van der Waals surface area (Å²) in [4.78, 5) is 37.1. The number of nitrogens with zero attached hydrogens (tertiary/aromatic N) is 1. The van der Waals surface area contributed by atoms with Gasteiger partial charge < -0.3 is 16.0 Å². The SMILES string of the molecule is O=C(NC(NC(=S)Nc1ccccc1N1C(=O)c2ccccc2C1=O)C(Cl)(Cl)Cl)C(Cl)Cl. The van der Waals surface area contributed by atoms with Crippen LogP contribution >= 0.6 is 70.2 Å². The van der Waals surface area contributed by atoms with Crippen molar-refractivity contribution in [3.8, 4) is 0 Å². The van der Waals surface area contributed by atoms with E-state index in [-0.39, 0.29) is 10.8 Å². The summed E-state index contributed by atoms with van der Waals surface area (Å²) < 4.78 is -2.02. The van der Waals surface area contributed by atoms with E-state index in [1.807, 2.05) is 0 Å². The van der Waals surface area contributed by atoms with E-state index < -0.39 is 32.5 Å². The number of para-hydroxylation sites is 2. The Labute approximate surface area is 213 Å². The number of fused-ring (bicyclic) bond motifs is 1. The van der Waals surface area contributed by atoms with Crippen molar-refractivity contribution in [2.24, 2.45) is 0 Å². The molecule has 3 rings (SSSR count). The van der Waals surface area contributed by atoms with Gasteiger partial charge in [-0.15, -0.1) is 0 Å². The van der Waals surface area contributed by atoms with Crippen molar-refractivity contribution in [3.63, 3.8) is 0 Å². The zero-order chi connectivity index (χ0) is 23.6. The standard InChI is InChI=1S/C19H13Cl5N4O3S/c20-13(21)14(29)26-17(19(22,23)24)27-18(32)25-11-7-3-4-8-12(11)28-15(30)9-5-1-2-6-10(9)16(28)31/h1-8,13,17H,(H,26,29)(H2,25,27,32). The summed E-state index contributed by atoms with van der Waals surface area (Å²) in [5, 5.41) is 7.71. The minimum Gasteiger partial charge on any atom is -0.339 e. The molecule has 3 N–H and O–H groups in total. The summed E-state index contributed by atoms with van der Waals surface area (Å²) in [6, 6.07) is 13.0. The fraction of sp³-hybridized carbons (Fsp3) is 0.158. The van der Waals surface area contributed by atoms with Crippen LogP contribution in [0.1, 0.15) is 20.7 Å². The maximum Gasteiger partial charge on any atom is 0.266 e. The van der Waals surface area contributed by atoms with Crippen molar-refractivity contribution >= 4 is 104 Å². The lowest BCUT2D eigenvalue weighted by molar-refractivity contribution is -0.120. The van der Waals surface area contributed by atoms with E-state index in [1.165, 1.54) is 0 Å². The number of carbonyl (C=O) groups excluding carboxylic acids is 3. The predicted molar refractivity (Wildman–Crippen MR) is 131 cm³/mol. The maximum absolute atomic E-state index is 12.8. The van der Waals surface area contributed by atoms with Gasteiger partial charge in [-0.2, -0.15) is 0 Å². The lowest BCUT2D eigenvalue weighted by atomic mass is 10.1. The zero-order valence-electron chi connectivity index (χ0n) is 15.7. The predicted octanol–water partition coefficient (Wildman–Crippen LogP) is 4.39. The van der Waals surface area contributed by atoms with Crippen LogP contribution in [0.3, 0.4) is 0 Å². The van der Waals surface area contributed by atoms with Crippen molar-refractivity contribution in [1.29, 1.82) is 0 Å². The van der Waals surface area contributed by atoms with Crippen molar-refractivity contribution in [2.75, 3.05) is 10.2 Å². The lowest BCUT2D eigenvalue weighted by Gasteiger charge is -2.28. The summed E-state index contributed by atoms with van der Waals surface area (Å²) >= 11 is 34.0. The van der Waals surface area contributed by atoms with E-state index in [0.717, 1.165) is 4.90 Å². The highest BCUT2D eigenvalue weighted by atomic mass is 35.6. The molecule has 2 aromatic rings. The van der Waals surface area contributed by atoms with Gasteiger partial charge in [0.15, 0.2) is 9.95 Å². The summed E-state index contributed by atoms with van der Waals surface area (Å²) in [5.74, 6) is -1.76. The average Bonchev–Trinajstić information content (AvgIpc) is 2.98. The van der Waals surface area contributed by atoms with E-state index in [4.69, 9.17) is 70.2 Å². The van der Waals surface area contributed by atoms with Crippen LogP contribution < -0.4 is 20.9 Å². The molecule has 168 valence electrons. The van der Waals surface area contributed by atoms with Crippen LogP contribution in [0.4, 0.5) is 11.4 Å². The molecule has 1 heterocycles. The molecule has 0 radical (unpaired) electrons. The minimum atomic E-state index is -2.02. The molecule has 3 amide bonds. The molecule has 2 aromatic carbocycles. The van der Waals surface area contributed by atoms with Crippen molar-refractivity contribution < 1.29 is 14.4 Å². The third kappa shape index (κ3) is 5.39. The largest absolute Gasteiger partial charge is 0.339 e. The summed E-state index contributed by atoms with van der Waals surface area (Å²) in [6.07, 6.45) is -1.30. The number of imide groups is 1. The second kappa shape index (κ2) is 9.99. The molecule has 0 spiro atoms. The van der Waals surface area contributed by atoms with E-state index in [1.54, 1.807) is 48.5 Å². The van der Waals surface area contributed by atoms with Crippen molar-refractivity contribution in [3.05, 3.63) is 59.7 Å². The number of amides is 3. The van der Waals surface area contributed by atoms with Gasteiger partial charge in [-0.3, -0.25) is 14.4 Å². The fourth-order valence-corrected chi connectivity index (χ4v) is 3.56. The molecule has 0 saturated heterocycles. The van der Waals surface area contributed by atoms with Gasteiger partial charge in [-0.1, -0.05) is 82.3 Å². The first-order valence-electron chi connectivity index (χ1n) is 8.80. The highest BCUT2D eigenvalue weighted by molar-refractivity contribution is 7.80. The van der Waals surface area contributed by atoms with E-state index >= 15 is 0 Å². The van der Waals surface area contributed by atoms with E-state index in [9.17, 15) is 14.4 Å². The number of thiocarbonyl (C=S) groups is 1. The number of halogens is 5. The number of rotatable bonds is 5. The Morgan fingerprint density at radius 3 is 1.97 bits per heavy atom. The number of hydrogen-bond acceptors (Lipinski definition) is 4. The molecule has 1 atom stereocenters. The first kappa shape index (κ1) is 24.8. The highest BCUT2D eigenvalue weighted by Crippen LogP contribution is 2.34. The molecular weight excluding hydrogens is 542 g/mol. The van der Waals surface area contributed by atoms with Crippen LogP contribution in [0.15, 0.2) is 48.5 Å². The molecule has 13 heteroatoms. The smallest absolute Gasteiger partial charge is 0.266 e. The summed E-state index contributed by atoms with van der Waals surface area (Å²) in [5.41, 5.74) is 1.17. The van der Waals surface area contributed by atoms with Gasteiger partial charge >= 0.3 is 0 Å². The van der Waals surface area contributed by atoms with Gasteiger partial charge in [0.05, 0.1) is 22.5 Å². The molecule has 0 fully saturated rings. The van der Waals surface area contributed by atoms with Crippen LogP contribution in [-0.2, 0) is 4.79 Å². The Balaban J connectivity index is 1.82. The maximum atomic E-state index is 12.8. The molecule has 0 saturated carbocycles. The third-order valence-electron chi connectivity index (χ3n) is 4.27. The number of nitrogens with one attached hydrogen (secondary N) is 3. The van der Waals surface area contributed by atoms with Crippen LogP contribution in [-0.4, -0.2) is 37.6 Å². The molecule has 1 aliphatic heterocycles. The second-order valence-corrected chi connectivity index (χ2v) is 10.3. The fourth-order valence-electron chi connectivity index (χ4n) is 2.88. The average molecular weight is 555 g/mol. The molecule has 32 heavy (non-hydrogen) atoms. The number of anilines is 2. The first-order chi connectivity index (χ1) is 15.0. The van der Waals surface area contributed by atoms with Crippen LogP contribution in [0.5, 0.6) is 0 Å². The van der Waals surface area contributed by atoms with E-state index in [0.29, 0.717) is 16.8 Å². The Bertz CT molecular complexity index is 1060. The van der Waals surface area contributed by atoms with Crippen molar-refractivity contribution in [2.45, 2.75) is 14.8 Å². The quantitative estimate of drug-likeness (QED) is 0.220. The molecule has 0 aliphatic carbocycles. The van der Waals surface area contributed by atoms with Gasteiger partial charge in [-0.25, -0.2) is 4.90 Å². The normalized spacial score (nSPS) is 14.2. The van der Waals surface area contributed by atoms with Gasteiger partial charge in [-0.05, 0) is 36.5 Å². The van der Waals surface area contributed by atoms with Gasteiger partial charge in [0, 0.05) is 0 Å². The minimum absolute atomic E-state index is 0.0774. The summed E-state index contributed by atoms with van der Waals surface area (Å²) in [7, 11) is 0. The molecule has 0 bridgehead atoms. The highest BCUT2D eigenvalue weighted by Gasteiger charge is 2.38. The number of benzene rings is 2. The van der Waals surface area contributed by atoms with Crippen molar-refractivity contribution in [1.82, 2.24) is 10.6 Å². The molecule has 1 unspecified atom stereocenters. The van der Waals surface area contributed by atoms with Crippen LogP contribution in [0, 0.1) is 0 Å². The third-order valence-corrected chi connectivity index (χ3v) is 5.55. The number of alkyl halides is 5. The Morgan fingerprint density at radius 1 is 0.906 bits per heavy atom. The lowest BCUT2D eigenvalue weighted by Crippen LogP contribution is -2.57.